The molecule has 0 atom stereocenters. The van der Waals surface area contributed by atoms with Crippen molar-refractivity contribution >= 4 is 37.0 Å². The largest absolute Gasteiger partial charge is 0.490 e. The van der Waals surface area contributed by atoms with Crippen LogP contribution in [-0.2, 0) is 0 Å². The summed E-state index contributed by atoms with van der Waals surface area (Å²) in [6.07, 6.45) is 0. The number of benzene rings is 3. The monoisotopic (exact) mass is 417 g/mol. The van der Waals surface area contributed by atoms with Crippen LogP contribution in [0.3, 0.4) is 0 Å². The average Bonchev–Trinajstić information content (AvgIpc) is 2.76. The minimum Gasteiger partial charge on any atom is -0.490 e. The van der Waals surface area contributed by atoms with E-state index in [9.17, 15) is 0 Å². The van der Waals surface area contributed by atoms with Crippen molar-refractivity contribution in [3.05, 3.63) is 66.7 Å². The molecule has 0 bridgehead atoms. The molecule has 0 amide bonds. The molecule has 0 aromatic heterocycles. The first-order chi connectivity index (χ1) is 14.6. The molecule has 3 aromatic carbocycles. The molecule has 0 fully saturated rings. The SMILES string of the molecule is CCOc1ccc(N=Nc2ccc(N(C)C)cc2)c([Si]c2ccccc2)c1OCC. The Balaban J connectivity index is 2.00. The second kappa shape index (κ2) is 10.6. The summed E-state index contributed by atoms with van der Waals surface area (Å²) in [5.74, 6) is 1.49. The average molecular weight is 418 g/mol. The lowest BCUT2D eigenvalue weighted by molar-refractivity contribution is 0.290. The van der Waals surface area contributed by atoms with E-state index in [1.54, 1.807) is 0 Å². The lowest BCUT2D eigenvalue weighted by Crippen LogP contribution is -2.29. The molecule has 3 aromatic rings. The highest BCUT2D eigenvalue weighted by Crippen LogP contribution is 2.30. The number of anilines is 1. The number of rotatable bonds is 9. The highest BCUT2D eigenvalue weighted by atomic mass is 28.2. The molecule has 0 spiro atoms. The first-order valence-corrected chi connectivity index (χ1v) is 11.1. The highest BCUT2D eigenvalue weighted by Gasteiger charge is 2.17. The van der Waals surface area contributed by atoms with Crippen LogP contribution < -0.4 is 24.7 Å². The lowest BCUT2D eigenvalue weighted by atomic mass is 10.2. The van der Waals surface area contributed by atoms with E-state index in [1.807, 2.05) is 82.5 Å². The Hall–Kier alpha value is -3.12. The van der Waals surface area contributed by atoms with Gasteiger partial charge in [-0.05, 0) is 50.2 Å². The van der Waals surface area contributed by atoms with Gasteiger partial charge in [-0.25, -0.2) is 0 Å². The normalized spacial score (nSPS) is 10.9. The Morgan fingerprint density at radius 2 is 1.50 bits per heavy atom. The summed E-state index contributed by atoms with van der Waals surface area (Å²) in [7, 11) is 4.41. The predicted molar refractivity (Wildman–Crippen MR) is 125 cm³/mol. The fraction of sp³-hybridized carbons (Fsp3) is 0.250. The molecule has 0 aliphatic carbocycles. The summed E-state index contributed by atoms with van der Waals surface area (Å²) >= 11 is 0. The molecule has 0 saturated carbocycles. The van der Waals surface area contributed by atoms with E-state index in [0.717, 1.165) is 33.7 Å². The van der Waals surface area contributed by atoms with Gasteiger partial charge < -0.3 is 14.4 Å². The molecule has 5 nitrogen and oxygen atoms in total. The third-order valence-electron chi connectivity index (χ3n) is 4.37. The molecule has 0 aliphatic rings. The summed E-state index contributed by atoms with van der Waals surface area (Å²) in [6.45, 7) is 5.08. The third kappa shape index (κ3) is 5.48. The van der Waals surface area contributed by atoms with E-state index in [0.29, 0.717) is 22.7 Å². The van der Waals surface area contributed by atoms with Crippen molar-refractivity contribution in [2.45, 2.75) is 13.8 Å². The lowest BCUT2D eigenvalue weighted by Gasteiger charge is -2.16. The Morgan fingerprint density at radius 3 is 2.13 bits per heavy atom. The van der Waals surface area contributed by atoms with Crippen LogP contribution in [0, 0.1) is 0 Å². The molecule has 0 aliphatic heterocycles. The maximum Gasteiger partial charge on any atom is 0.162 e. The van der Waals surface area contributed by atoms with Gasteiger partial charge in [0.25, 0.3) is 0 Å². The van der Waals surface area contributed by atoms with Gasteiger partial charge in [-0.1, -0.05) is 35.5 Å². The van der Waals surface area contributed by atoms with Gasteiger partial charge in [-0.15, -0.1) is 0 Å². The van der Waals surface area contributed by atoms with Crippen LogP contribution in [0.5, 0.6) is 11.5 Å². The fourth-order valence-electron chi connectivity index (χ4n) is 2.91. The molecular weight excluding hydrogens is 390 g/mol. The Kier molecular flexibility index (Phi) is 7.62. The molecule has 0 saturated heterocycles. The van der Waals surface area contributed by atoms with E-state index < -0.39 is 0 Å². The van der Waals surface area contributed by atoms with E-state index in [1.165, 1.54) is 5.19 Å². The van der Waals surface area contributed by atoms with Gasteiger partial charge in [0.15, 0.2) is 11.5 Å². The second-order valence-electron chi connectivity index (χ2n) is 6.75. The second-order valence-corrected chi connectivity index (χ2v) is 8.08. The van der Waals surface area contributed by atoms with Gasteiger partial charge in [-0.2, -0.15) is 10.2 Å². The smallest absolute Gasteiger partial charge is 0.162 e. The zero-order valence-corrected chi connectivity index (χ0v) is 18.9. The van der Waals surface area contributed by atoms with Crippen LogP contribution >= 0.6 is 0 Å². The van der Waals surface area contributed by atoms with E-state index >= 15 is 0 Å². The molecular formula is C24H27N3O2Si. The molecule has 0 unspecified atom stereocenters. The van der Waals surface area contributed by atoms with Crippen LogP contribution in [0.2, 0.25) is 0 Å². The number of nitrogens with zero attached hydrogens (tertiary/aromatic N) is 3. The molecule has 0 heterocycles. The van der Waals surface area contributed by atoms with E-state index in [4.69, 9.17) is 9.47 Å². The van der Waals surface area contributed by atoms with Crippen LogP contribution in [0.25, 0.3) is 0 Å². The number of ether oxygens (including phenoxy) is 2. The summed E-state index contributed by atoms with van der Waals surface area (Å²) in [6, 6.07) is 22.2. The van der Waals surface area contributed by atoms with E-state index in [2.05, 4.69) is 27.3 Å². The minimum absolute atomic E-state index is 0.382. The van der Waals surface area contributed by atoms with Crippen molar-refractivity contribution in [2.24, 2.45) is 10.2 Å². The first kappa shape index (κ1) is 21.6. The maximum absolute atomic E-state index is 6.00. The minimum atomic E-state index is 0.382. The highest BCUT2D eigenvalue weighted by molar-refractivity contribution is 6.69. The zero-order chi connectivity index (χ0) is 21.3. The summed E-state index contributed by atoms with van der Waals surface area (Å²) in [4.78, 5) is 2.06. The molecule has 2 radical (unpaired) electrons. The molecule has 154 valence electrons. The fourth-order valence-corrected chi connectivity index (χ4v) is 4.13. The van der Waals surface area contributed by atoms with Crippen LogP contribution in [0.1, 0.15) is 13.8 Å². The Bertz CT molecular complexity index is 974. The quantitative estimate of drug-likeness (QED) is 0.377. The van der Waals surface area contributed by atoms with Gasteiger partial charge in [0, 0.05) is 25.0 Å². The van der Waals surface area contributed by atoms with E-state index in [-0.39, 0.29) is 0 Å². The van der Waals surface area contributed by atoms with Crippen LogP contribution in [0.15, 0.2) is 77.0 Å². The Morgan fingerprint density at radius 1 is 0.800 bits per heavy atom. The Labute approximate surface area is 181 Å². The molecule has 6 heteroatoms. The van der Waals surface area contributed by atoms with Crippen LogP contribution in [-0.4, -0.2) is 36.8 Å². The van der Waals surface area contributed by atoms with Crippen molar-refractivity contribution in [3.63, 3.8) is 0 Å². The number of azo groups is 1. The van der Waals surface area contributed by atoms with Crippen molar-refractivity contribution in [2.75, 3.05) is 32.2 Å². The van der Waals surface area contributed by atoms with Gasteiger partial charge in [0.2, 0.25) is 0 Å². The van der Waals surface area contributed by atoms with Crippen molar-refractivity contribution in [1.29, 1.82) is 0 Å². The number of hydrogen-bond donors (Lipinski definition) is 0. The summed E-state index contributed by atoms with van der Waals surface area (Å²) < 4.78 is 11.8. The topological polar surface area (TPSA) is 46.4 Å². The standard InChI is InChI=1S/C24H27N3O2Si/c1-5-28-22-17-16-21(26-25-18-12-14-19(15-13-18)27(3)4)24(23(22)29-6-2)30-20-10-8-7-9-11-20/h7-17H,5-6H2,1-4H3. The summed E-state index contributed by atoms with van der Waals surface area (Å²) in [5, 5.41) is 11.3. The molecule has 0 N–H and O–H groups in total. The van der Waals surface area contributed by atoms with Gasteiger partial charge in [0.05, 0.1) is 24.6 Å². The van der Waals surface area contributed by atoms with Gasteiger partial charge in [-0.3, -0.25) is 0 Å². The van der Waals surface area contributed by atoms with Gasteiger partial charge >= 0.3 is 0 Å². The maximum atomic E-state index is 6.00. The van der Waals surface area contributed by atoms with Crippen LogP contribution in [0.4, 0.5) is 17.1 Å². The molecule has 30 heavy (non-hydrogen) atoms. The first-order valence-electron chi connectivity index (χ1n) is 10.1. The van der Waals surface area contributed by atoms with Crippen molar-refractivity contribution in [3.8, 4) is 11.5 Å². The molecule has 3 rings (SSSR count). The summed E-state index contributed by atoms with van der Waals surface area (Å²) in [5.41, 5.74) is 2.72. The zero-order valence-electron chi connectivity index (χ0n) is 17.9. The van der Waals surface area contributed by atoms with Crippen molar-refractivity contribution in [1.82, 2.24) is 0 Å². The number of hydrogen-bond acceptors (Lipinski definition) is 5. The third-order valence-corrected chi connectivity index (χ3v) is 5.73. The van der Waals surface area contributed by atoms with Gasteiger partial charge in [0.1, 0.15) is 9.52 Å². The van der Waals surface area contributed by atoms with Crippen molar-refractivity contribution < 1.29 is 9.47 Å². The predicted octanol–water partition coefficient (Wildman–Crippen LogP) is 4.62.